The maximum atomic E-state index is 12.4. The molecule has 156 valence electrons. The van der Waals surface area contributed by atoms with E-state index in [1.165, 1.54) is 5.57 Å². The van der Waals surface area contributed by atoms with Gasteiger partial charge in [-0.15, -0.1) is 0 Å². The van der Waals surface area contributed by atoms with Crippen LogP contribution in [0.15, 0.2) is 58.2 Å². The molecule has 4 nitrogen and oxygen atoms in total. The molecule has 0 saturated carbocycles. The van der Waals surface area contributed by atoms with Crippen molar-refractivity contribution in [1.82, 2.24) is 0 Å². The van der Waals surface area contributed by atoms with Gasteiger partial charge in [0.1, 0.15) is 0 Å². The maximum absolute atomic E-state index is 12.4. The Kier molecular flexibility index (Phi) is 10.8. The second-order valence-corrected chi connectivity index (χ2v) is 7.50. The van der Waals surface area contributed by atoms with Gasteiger partial charge in [-0.3, -0.25) is 0 Å². The smallest absolute Gasteiger partial charge is 0.334 e. The number of hydrogen-bond donors (Lipinski definition) is 2. The Morgan fingerprint density at radius 1 is 1.14 bits per heavy atom. The molecule has 0 saturated heterocycles. The molecule has 0 aliphatic carbocycles. The molecule has 2 atom stereocenters. The molecule has 28 heavy (non-hydrogen) atoms. The van der Waals surface area contributed by atoms with Crippen LogP contribution < -0.4 is 0 Å². The number of ether oxygens (including phenoxy) is 1. The summed E-state index contributed by atoms with van der Waals surface area (Å²) < 4.78 is 5.39. The van der Waals surface area contributed by atoms with Crippen molar-refractivity contribution in [3.05, 3.63) is 58.2 Å². The number of carbonyl (C=O) groups excluding carboxylic acids is 1. The number of cyclic esters (lactones) is 1. The predicted molar refractivity (Wildman–Crippen MR) is 115 cm³/mol. The number of hydrogen-bond acceptors (Lipinski definition) is 4. The van der Waals surface area contributed by atoms with Crippen LogP contribution in [0, 0.1) is 0 Å². The quantitative estimate of drug-likeness (QED) is 0.519. The summed E-state index contributed by atoms with van der Waals surface area (Å²) in [6.07, 6.45) is 11.8. The van der Waals surface area contributed by atoms with Crippen molar-refractivity contribution in [3.8, 4) is 0 Å². The standard InChI is InChI=1S/C24H36O4/c1-6-21-16-22(20(5)25)12-13-23(26)19(4)11-7-9-17(2)15-18(3)10-8-14-28-24(21)27/h10-12,15-16,20,23,25-26H,6-9,13-14H2,1-5H3/t20-,23+/m1/s1. The zero-order valence-electron chi connectivity index (χ0n) is 18.0. The van der Waals surface area contributed by atoms with Gasteiger partial charge in [-0.2, -0.15) is 0 Å². The molecular weight excluding hydrogens is 352 g/mol. The van der Waals surface area contributed by atoms with E-state index >= 15 is 0 Å². The summed E-state index contributed by atoms with van der Waals surface area (Å²) in [4.78, 5) is 12.4. The summed E-state index contributed by atoms with van der Waals surface area (Å²) in [5.41, 5.74) is 4.49. The minimum Gasteiger partial charge on any atom is -0.462 e. The normalized spacial score (nSPS) is 22.5. The molecule has 1 aliphatic rings. The Bertz CT molecular complexity index is 675. The van der Waals surface area contributed by atoms with Gasteiger partial charge in [0.25, 0.3) is 0 Å². The highest BCUT2D eigenvalue weighted by Gasteiger charge is 2.13. The van der Waals surface area contributed by atoms with E-state index in [0.29, 0.717) is 37.0 Å². The molecule has 0 aromatic heterocycles. The number of rotatable bonds is 2. The molecule has 0 radical (unpaired) electrons. The van der Waals surface area contributed by atoms with Crippen LogP contribution in [0.2, 0.25) is 0 Å². The molecule has 0 bridgehead atoms. The van der Waals surface area contributed by atoms with E-state index in [4.69, 9.17) is 4.74 Å². The first-order valence-electron chi connectivity index (χ1n) is 10.2. The second-order valence-electron chi connectivity index (χ2n) is 7.50. The van der Waals surface area contributed by atoms with E-state index in [9.17, 15) is 15.0 Å². The first-order chi connectivity index (χ1) is 13.2. The molecule has 1 heterocycles. The van der Waals surface area contributed by atoms with E-state index in [1.54, 1.807) is 19.1 Å². The van der Waals surface area contributed by atoms with Crippen LogP contribution in [0.4, 0.5) is 0 Å². The third-order valence-corrected chi connectivity index (χ3v) is 4.87. The molecule has 0 fully saturated rings. The Morgan fingerprint density at radius 2 is 1.86 bits per heavy atom. The first kappa shape index (κ1) is 24.1. The van der Waals surface area contributed by atoms with E-state index < -0.39 is 12.2 Å². The Morgan fingerprint density at radius 3 is 2.50 bits per heavy atom. The van der Waals surface area contributed by atoms with Gasteiger partial charge in [0, 0.05) is 12.0 Å². The molecule has 0 amide bonds. The fourth-order valence-electron chi connectivity index (χ4n) is 3.00. The van der Waals surface area contributed by atoms with Crippen LogP contribution in [0.1, 0.15) is 66.7 Å². The molecule has 0 unspecified atom stereocenters. The highest BCUT2D eigenvalue weighted by molar-refractivity contribution is 5.89. The third kappa shape index (κ3) is 8.85. The molecule has 0 aromatic carbocycles. The van der Waals surface area contributed by atoms with Crippen LogP contribution in [-0.4, -0.2) is 35.0 Å². The number of carbonyl (C=O) groups is 1. The Labute approximate surface area is 170 Å². The lowest BCUT2D eigenvalue weighted by atomic mass is 10.00. The zero-order valence-corrected chi connectivity index (χ0v) is 18.0. The van der Waals surface area contributed by atoms with Crippen LogP contribution in [-0.2, 0) is 9.53 Å². The van der Waals surface area contributed by atoms with Gasteiger partial charge in [0.05, 0.1) is 18.8 Å². The average molecular weight is 389 g/mol. The van der Waals surface area contributed by atoms with Crippen molar-refractivity contribution in [2.45, 2.75) is 78.9 Å². The molecule has 2 N–H and O–H groups in total. The van der Waals surface area contributed by atoms with Gasteiger partial charge in [0.2, 0.25) is 0 Å². The van der Waals surface area contributed by atoms with Crippen LogP contribution in [0.3, 0.4) is 0 Å². The minimum atomic E-state index is -0.727. The summed E-state index contributed by atoms with van der Waals surface area (Å²) in [5, 5.41) is 20.5. The highest BCUT2D eigenvalue weighted by Crippen LogP contribution is 2.17. The van der Waals surface area contributed by atoms with E-state index in [-0.39, 0.29) is 5.97 Å². The maximum Gasteiger partial charge on any atom is 0.334 e. The fraction of sp³-hybridized carbons (Fsp3) is 0.542. The molecule has 0 aromatic rings. The van der Waals surface area contributed by atoms with Crippen molar-refractivity contribution in [3.63, 3.8) is 0 Å². The van der Waals surface area contributed by atoms with Crippen molar-refractivity contribution >= 4 is 5.97 Å². The minimum absolute atomic E-state index is 0.328. The summed E-state index contributed by atoms with van der Waals surface area (Å²) >= 11 is 0. The van der Waals surface area contributed by atoms with Gasteiger partial charge >= 0.3 is 5.97 Å². The summed E-state index contributed by atoms with van der Waals surface area (Å²) in [6.45, 7) is 9.95. The number of esters is 1. The second kappa shape index (κ2) is 12.5. The van der Waals surface area contributed by atoms with E-state index in [2.05, 4.69) is 25.2 Å². The highest BCUT2D eigenvalue weighted by atomic mass is 16.5. The molecule has 1 aliphatic heterocycles. The van der Waals surface area contributed by atoms with Crippen LogP contribution in [0.5, 0.6) is 0 Å². The lowest BCUT2D eigenvalue weighted by molar-refractivity contribution is -0.139. The third-order valence-electron chi connectivity index (χ3n) is 4.87. The summed E-state index contributed by atoms with van der Waals surface area (Å²) in [6, 6.07) is 0. The molecule has 4 heteroatoms. The van der Waals surface area contributed by atoms with Crippen molar-refractivity contribution in [1.29, 1.82) is 0 Å². The summed E-state index contributed by atoms with van der Waals surface area (Å²) in [5.74, 6) is -0.357. The Balaban J connectivity index is 3.16. The monoisotopic (exact) mass is 388 g/mol. The van der Waals surface area contributed by atoms with E-state index in [0.717, 1.165) is 24.0 Å². The van der Waals surface area contributed by atoms with Crippen LogP contribution >= 0.6 is 0 Å². The lowest BCUT2D eigenvalue weighted by Gasteiger charge is -2.13. The van der Waals surface area contributed by atoms with Gasteiger partial charge in [-0.05, 0) is 70.6 Å². The van der Waals surface area contributed by atoms with Gasteiger partial charge in [-0.25, -0.2) is 4.79 Å². The number of aliphatic hydroxyl groups excluding tert-OH is 2. The largest absolute Gasteiger partial charge is 0.462 e. The van der Waals surface area contributed by atoms with Gasteiger partial charge < -0.3 is 14.9 Å². The fourth-order valence-corrected chi connectivity index (χ4v) is 3.00. The number of aliphatic hydroxyl groups is 2. The van der Waals surface area contributed by atoms with E-state index in [1.807, 2.05) is 20.8 Å². The van der Waals surface area contributed by atoms with Crippen molar-refractivity contribution in [2.24, 2.45) is 0 Å². The predicted octanol–water partition coefficient (Wildman–Crippen LogP) is 4.95. The van der Waals surface area contributed by atoms with Crippen molar-refractivity contribution < 1.29 is 19.7 Å². The summed E-state index contributed by atoms with van der Waals surface area (Å²) in [7, 11) is 0. The van der Waals surface area contributed by atoms with Gasteiger partial charge in [-0.1, -0.05) is 42.4 Å². The first-order valence-corrected chi connectivity index (χ1v) is 10.2. The van der Waals surface area contributed by atoms with Crippen molar-refractivity contribution in [2.75, 3.05) is 6.61 Å². The SMILES string of the molecule is CCC1=CC([C@@H](C)O)=CC[C@H](O)C(C)=CCCC(C)=CC(C)=CCCOC1=O. The van der Waals surface area contributed by atoms with Crippen LogP contribution in [0.25, 0.3) is 0 Å². The topological polar surface area (TPSA) is 66.8 Å². The van der Waals surface area contributed by atoms with Gasteiger partial charge in [0.15, 0.2) is 0 Å². The molecule has 1 rings (SSSR count). The Hall–Kier alpha value is -1.91. The average Bonchev–Trinajstić information content (AvgIpc) is 2.63. The molecular formula is C24H36O4. The number of allylic oxidation sites excluding steroid dienone is 4. The lowest BCUT2D eigenvalue weighted by Crippen LogP contribution is -2.12. The molecule has 0 spiro atoms. The zero-order chi connectivity index (χ0) is 21.1.